The average molecular weight is 291 g/mol. The fraction of sp³-hybridized carbons (Fsp3) is 0.471. The maximum Gasteiger partial charge on any atom is 0.133 e. The number of hydrogen-bond acceptors (Lipinski definition) is 4. The van der Waals surface area contributed by atoms with E-state index >= 15 is 0 Å². The molecule has 0 saturated carbocycles. The Hall–Kier alpha value is -1.81. The molecule has 0 fully saturated rings. The number of para-hydroxylation sites is 1. The Kier molecular flexibility index (Phi) is 8.96. The Labute approximate surface area is 127 Å². The first-order chi connectivity index (χ1) is 10.3. The van der Waals surface area contributed by atoms with Gasteiger partial charge in [0.15, 0.2) is 0 Å². The molecule has 0 spiro atoms. The lowest BCUT2D eigenvalue weighted by molar-refractivity contribution is 0.0983. The van der Waals surface area contributed by atoms with Gasteiger partial charge in [0.2, 0.25) is 0 Å². The van der Waals surface area contributed by atoms with Crippen LogP contribution in [0.1, 0.15) is 31.7 Å². The van der Waals surface area contributed by atoms with Crippen LogP contribution in [0.4, 0.5) is 0 Å². The molecule has 0 aliphatic heterocycles. The zero-order chi connectivity index (χ0) is 15.3. The van der Waals surface area contributed by atoms with Crippen LogP contribution >= 0.6 is 0 Å². The van der Waals surface area contributed by atoms with Gasteiger partial charge in [-0.3, -0.25) is 0 Å². The van der Waals surface area contributed by atoms with Gasteiger partial charge in [-0.1, -0.05) is 37.2 Å². The van der Waals surface area contributed by atoms with Crippen LogP contribution in [0, 0.1) is 6.92 Å². The minimum atomic E-state index is 0.576. The number of aryl methyl sites for hydroxylation is 2. The SMILES string of the molecule is CC.Cc1cc(CCCOCCOc2ccccc2)no1. The summed E-state index contributed by atoms with van der Waals surface area (Å²) in [6.07, 6.45) is 1.83. The smallest absolute Gasteiger partial charge is 0.133 e. The summed E-state index contributed by atoms with van der Waals surface area (Å²) in [7, 11) is 0. The van der Waals surface area contributed by atoms with Crippen LogP contribution in [0.5, 0.6) is 5.75 Å². The summed E-state index contributed by atoms with van der Waals surface area (Å²) in [6, 6.07) is 11.7. The van der Waals surface area contributed by atoms with E-state index in [-0.39, 0.29) is 0 Å². The highest BCUT2D eigenvalue weighted by atomic mass is 16.5. The molecule has 2 aromatic rings. The molecule has 116 valence electrons. The van der Waals surface area contributed by atoms with E-state index in [1.165, 1.54) is 0 Å². The van der Waals surface area contributed by atoms with Crippen molar-refractivity contribution in [1.82, 2.24) is 5.16 Å². The molecule has 1 aromatic carbocycles. The largest absolute Gasteiger partial charge is 0.491 e. The number of ether oxygens (including phenoxy) is 2. The van der Waals surface area contributed by atoms with Gasteiger partial charge >= 0.3 is 0 Å². The summed E-state index contributed by atoms with van der Waals surface area (Å²) in [5.41, 5.74) is 0.988. The van der Waals surface area contributed by atoms with E-state index in [1.807, 2.05) is 57.2 Å². The van der Waals surface area contributed by atoms with E-state index in [9.17, 15) is 0 Å². The van der Waals surface area contributed by atoms with Crippen molar-refractivity contribution in [2.75, 3.05) is 19.8 Å². The Morgan fingerprint density at radius 2 is 1.81 bits per heavy atom. The molecule has 0 amide bonds. The second-order valence-electron chi connectivity index (χ2n) is 4.31. The summed E-state index contributed by atoms with van der Waals surface area (Å²) < 4.78 is 16.0. The highest BCUT2D eigenvalue weighted by Gasteiger charge is 1.99. The monoisotopic (exact) mass is 291 g/mol. The van der Waals surface area contributed by atoms with E-state index in [1.54, 1.807) is 0 Å². The molecule has 0 atom stereocenters. The van der Waals surface area contributed by atoms with Crippen LogP contribution in [-0.4, -0.2) is 25.0 Å². The predicted octanol–water partition coefficient (Wildman–Crippen LogP) is 4.04. The molecule has 0 bridgehead atoms. The van der Waals surface area contributed by atoms with Crippen molar-refractivity contribution in [1.29, 1.82) is 0 Å². The van der Waals surface area contributed by atoms with Crippen LogP contribution in [-0.2, 0) is 11.2 Å². The lowest BCUT2D eigenvalue weighted by atomic mass is 10.2. The summed E-state index contributed by atoms with van der Waals surface area (Å²) in [5, 5.41) is 3.93. The van der Waals surface area contributed by atoms with Crippen LogP contribution in [0.25, 0.3) is 0 Å². The number of rotatable bonds is 8. The Bertz CT molecular complexity index is 468. The predicted molar refractivity (Wildman–Crippen MR) is 83.7 cm³/mol. The maximum atomic E-state index is 5.52. The van der Waals surface area contributed by atoms with Gasteiger partial charge in [-0.25, -0.2) is 0 Å². The first-order valence-electron chi connectivity index (χ1n) is 7.52. The van der Waals surface area contributed by atoms with Gasteiger partial charge < -0.3 is 14.0 Å². The summed E-state index contributed by atoms with van der Waals surface area (Å²) >= 11 is 0. The van der Waals surface area contributed by atoms with Crippen LogP contribution in [0.15, 0.2) is 40.9 Å². The lowest BCUT2D eigenvalue weighted by Gasteiger charge is -2.06. The van der Waals surface area contributed by atoms with Crippen LogP contribution < -0.4 is 4.74 Å². The van der Waals surface area contributed by atoms with Gasteiger partial charge in [0.05, 0.1) is 12.3 Å². The van der Waals surface area contributed by atoms with Crippen LogP contribution in [0.3, 0.4) is 0 Å². The third-order valence-electron chi connectivity index (χ3n) is 2.64. The molecule has 2 rings (SSSR count). The topological polar surface area (TPSA) is 44.5 Å². The number of aromatic nitrogens is 1. The van der Waals surface area contributed by atoms with Gasteiger partial charge in [0.1, 0.15) is 18.1 Å². The van der Waals surface area contributed by atoms with Gasteiger partial charge in [0, 0.05) is 12.7 Å². The fourth-order valence-electron chi connectivity index (χ4n) is 1.73. The maximum absolute atomic E-state index is 5.52. The second kappa shape index (κ2) is 10.9. The summed E-state index contributed by atoms with van der Waals surface area (Å²) in [6.45, 7) is 7.79. The normalized spacial score (nSPS) is 9.86. The van der Waals surface area contributed by atoms with Crippen molar-refractivity contribution in [2.24, 2.45) is 0 Å². The molecular formula is C17H25NO3. The Balaban J connectivity index is 0.00000106. The Morgan fingerprint density at radius 3 is 2.48 bits per heavy atom. The minimum absolute atomic E-state index is 0.576. The van der Waals surface area contributed by atoms with Crippen molar-refractivity contribution in [3.63, 3.8) is 0 Å². The molecule has 0 saturated heterocycles. The summed E-state index contributed by atoms with van der Waals surface area (Å²) in [5.74, 6) is 1.73. The van der Waals surface area contributed by atoms with Gasteiger partial charge in [-0.05, 0) is 31.9 Å². The number of benzene rings is 1. The zero-order valence-corrected chi connectivity index (χ0v) is 13.2. The van der Waals surface area contributed by atoms with E-state index in [0.29, 0.717) is 19.8 Å². The van der Waals surface area contributed by atoms with Crippen LogP contribution in [0.2, 0.25) is 0 Å². The van der Waals surface area contributed by atoms with Crippen molar-refractivity contribution in [3.8, 4) is 5.75 Å². The fourth-order valence-corrected chi connectivity index (χ4v) is 1.73. The van der Waals surface area contributed by atoms with Gasteiger partial charge in [0.25, 0.3) is 0 Å². The molecule has 0 N–H and O–H groups in total. The molecule has 4 nitrogen and oxygen atoms in total. The third-order valence-corrected chi connectivity index (χ3v) is 2.64. The molecule has 0 aliphatic carbocycles. The quantitative estimate of drug-likeness (QED) is 0.689. The molecule has 0 unspecified atom stereocenters. The molecular weight excluding hydrogens is 266 g/mol. The summed E-state index contributed by atoms with van der Waals surface area (Å²) in [4.78, 5) is 0. The molecule has 1 aromatic heterocycles. The molecule has 0 aliphatic rings. The Morgan fingerprint density at radius 1 is 1.05 bits per heavy atom. The van der Waals surface area contributed by atoms with Crippen molar-refractivity contribution < 1.29 is 14.0 Å². The van der Waals surface area contributed by atoms with Crippen molar-refractivity contribution in [2.45, 2.75) is 33.6 Å². The van der Waals surface area contributed by atoms with E-state index in [0.717, 1.165) is 30.0 Å². The molecule has 21 heavy (non-hydrogen) atoms. The number of nitrogens with zero attached hydrogens (tertiary/aromatic N) is 1. The molecule has 0 radical (unpaired) electrons. The standard InChI is InChI=1S/C15H19NO3.C2H6/c1-13-12-14(16-19-13)6-5-9-17-10-11-18-15-7-3-2-4-8-15;1-2/h2-4,7-8,12H,5-6,9-11H2,1H3;1-2H3. The highest BCUT2D eigenvalue weighted by Crippen LogP contribution is 2.08. The van der Waals surface area contributed by atoms with E-state index in [2.05, 4.69) is 5.16 Å². The first kappa shape index (κ1) is 17.2. The third kappa shape index (κ3) is 7.51. The zero-order valence-electron chi connectivity index (χ0n) is 13.2. The first-order valence-corrected chi connectivity index (χ1v) is 7.52. The second-order valence-corrected chi connectivity index (χ2v) is 4.31. The van der Waals surface area contributed by atoms with Gasteiger partial charge in [-0.15, -0.1) is 0 Å². The lowest BCUT2D eigenvalue weighted by Crippen LogP contribution is -2.07. The molecule has 1 heterocycles. The minimum Gasteiger partial charge on any atom is -0.491 e. The van der Waals surface area contributed by atoms with E-state index < -0.39 is 0 Å². The highest BCUT2D eigenvalue weighted by molar-refractivity contribution is 5.20. The van der Waals surface area contributed by atoms with Gasteiger partial charge in [-0.2, -0.15) is 0 Å². The molecule has 4 heteroatoms. The average Bonchev–Trinajstić information content (AvgIpc) is 2.95. The van der Waals surface area contributed by atoms with E-state index in [4.69, 9.17) is 14.0 Å². The van der Waals surface area contributed by atoms with Crippen molar-refractivity contribution in [3.05, 3.63) is 47.9 Å². The number of hydrogen-bond donors (Lipinski definition) is 0. The van der Waals surface area contributed by atoms with Crippen molar-refractivity contribution >= 4 is 0 Å².